The lowest BCUT2D eigenvalue weighted by molar-refractivity contribution is 1.15. The molecule has 0 unspecified atom stereocenters. The van der Waals surface area contributed by atoms with E-state index < -0.39 is 0 Å². The van der Waals surface area contributed by atoms with E-state index in [4.69, 9.17) is 4.98 Å². The number of rotatable bonds is 3. The van der Waals surface area contributed by atoms with E-state index in [-0.39, 0.29) is 0 Å². The fraction of sp³-hybridized carbons (Fsp3) is 0.0455. The van der Waals surface area contributed by atoms with Crippen molar-refractivity contribution in [3.05, 3.63) is 89.7 Å². The van der Waals surface area contributed by atoms with Crippen LogP contribution in [0.1, 0.15) is 16.8 Å². The van der Waals surface area contributed by atoms with Gasteiger partial charge in [0.25, 0.3) is 0 Å². The van der Waals surface area contributed by atoms with Gasteiger partial charge in [-0.25, -0.2) is 15.0 Å². The third-order valence-corrected chi connectivity index (χ3v) is 4.09. The molecule has 0 saturated carbocycles. The molecule has 120 valence electrons. The number of nitrogens with zero attached hydrogens (tertiary/aromatic N) is 3. The molecule has 2 aromatic heterocycles. The molecule has 3 heteroatoms. The van der Waals surface area contributed by atoms with Crippen LogP contribution in [0.2, 0.25) is 0 Å². The van der Waals surface area contributed by atoms with E-state index in [0.717, 1.165) is 33.4 Å². The van der Waals surface area contributed by atoms with Crippen molar-refractivity contribution >= 4 is 23.1 Å². The summed E-state index contributed by atoms with van der Waals surface area (Å²) in [5.74, 6) is 0.646. The van der Waals surface area contributed by atoms with E-state index >= 15 is 0 Å². The van der Waals surface area contributed by atoms with Crippen molar-refractivity contribution in [2.75, 3.05) is 0 Å². The molecular formula is C22H17N3. The maximum Gasteiger partial charge on any atom is 0.178 e. The zero-order chi connectivity index (χ0) is 17.1. The minimum atomic E-state index is 0.646. The minimum Gasteiger partial charge on any atom is -0.245 e. The molecule has 0 radical (unpaired) electrons. The summed E-state index contributed by atoms with van der Waals surface area (Å²) in [5.41, 5.74) is 4.91. The highest BCUT2D eigenvalue weighted by molar-refractivity contribution is 5.79. The minimum absolute atomic E-state index is 0.646. The number of benzene rings is 2. The summed E-state index contributed by atoms with van der Waals surface area (Å²) in [6, 6.07) is 22.2. The van der Waals surface area contributed by atoms with Gasteiger partial charge in [0.15, 0.2) is 5.82 Å². The molecule has 0 amide bonds. The zero-order valence-electron chi connectivity index (χ0n) is 13.9. The topological polar surface area (TPSA) is 38.7 Å². The highest BCUT2D eigenvalue weighted by Gasteiger charge is 2.06. The van der Waals surface area contributed by atoms with Crippen molar-refractivity contribution in [2.45, 2.75) is 6.92 Å². The SMILES string of the molecule is Cc1ccc(-c2ncc3ccccc3n2)nc1C=Cc1ccccc1. The Morgan fingerprint density at radius 3 is 2.44 bits per heavy atom. The normalized spacial score (nSPS) is 11.2. The molecular weight excluding hydrogens is 306 g/mol. The number of hydrogen-bond acceptors (Lipinski definition) is 3. The fourth-order valence-electron chi connectivity index (χ4n) is 2.67. The van der Waals surface area contributed by atoms with Gasteiger partial charge in [0.1, 0.15) is 5.69 Å². The third-order valence-electron chi connectivity index (χ3n) is 4.09. The molecule has 0 saturated heterocycles. The van der Waals surface area contributed by atoms with E-state index in [9.17, 15) is 0 Å². The molecule has 0 atom stereocenters. The lowest BCUT2D eigenvalue weighted by Crippen LogP contribution is -1.95. The Hall–Kier alpha value is -3.33. The largest absolute Gasteiger partial charge is 0.245 e. The van der Waals surface area contributed by atoms with Gasteiger partial charge in [-0.15, -0.1) is 0 Å². The first-order valence-corrected chi connectivity index (χ1v) is 8.22. The van der Waals surface area contributed by atoms with Gasteiger partial charge < -0.3 is 0 Å². The van der Waals surface area contributed by atoms with Gasteiger partial charge >= 0.3 is 0 Å². The lowest BCUT2D eigenvalue weighted by atomic mass is 10.1. The Labute approximate surface area is 146 Å². The lowest BCUT2D eigenvalue weighted by Gasteiger charge is -2.05. The standard InChI is InChI=1S/C22H17N3/c1-16-11-13-21(22-23-15-18-9-5-6-10-20(18)25-22)24-19(16)14-12-17-7-3-2-4-8-17/h2-15H,1H3. The van der Waals surface area contributed by atoms with Gasteiger partial charge in [-0.2, -0.15) is 0 Å². The number of fused-ring (bicyclic) bond motifs is 1. The summed E-state index contributed by atoms with van der Waals surface area (Å²) in [5, 5.41) is 1.03. The average molecular weight is 323 g/mol. The molecule has 0 fully saturated rings. The quantitative estimate of drug-likeness (QED) is 0.522. The molecule has 0 aliphatic rings. The highest BCUT2D eigenvalue weighted by atomic mass is 14.9. The molecule has 4 rings (SSSR count). The zero-order valence-corrected chi connectivity index (χ0v) is 13.9. The van der Waals surface area contributed by atoms with Gasteiger partial charge in [0, 0.05) is 11.6 Å². The maximum absolute atomic E-state index is 4.75. The van der Waals surface area contributed by atoms with Crippen LogP contribution in [0.5, 0.6) is 0 Å². The number of hydrogen-bond donors (Lipinski definition) is 0. The third kappa shape index (κ3) is 3.31. The number of pyridine rings is 1. The van der Waals surface area contributed by atoms with Gasteiger partial charge in [0.05, 0.1) is 11.2 Å². The summed E-state index contributed by atoms with van der Waals surface area (Å²) < 4.78 is 0. The molecule has 0 aliphatic carbocycles. The predicted octanol–water partition coefficient (Wildman–Crippen LogP) is 5.17. The van der Waals surface area contributed by atoms with Crippen molar-refractivity contribution in [3.8, 4) is 11.5 Å². The molecule has 0 spiro atoms. The Bertz CT molecular complexity index is 1050. The van der Waals surface area contributed by atoms with Crippen LogP contribution >= 0.6 is 0 Å². The van der Waals surface area contributed by atoms with Gasteiger partial charge in [-0.05, 0) is 36.3 Å². The van der Waals surface area contributed by atoms with Gasteiger partial charge in [-0.3, -0.25) is 0 Å². The van der Waals surface area contributed by atoms with Crippen LogP contribution in [-0.4, -0.2) is 15.0 Å². The van der Waals surface area contributed by atoms with Crippen LogP contribution in [0.15, 0.2) is 72.9 Å². The van der Waals surface area contributed by atoms with E-state index in [1.165, 1.54) is 0 Å². The molecule has 0 N–H and O–H groups in total. The first kappa shape index (κ1) is 15.2. The maximum atomic E-state index is 4.75. The van der Waals surface area contributed by atoms with Gasteiger partial charge in [0.2, 0.25) is 0 Å². The van der Waals surface area contributed by atoms with Crippen LogP contribution in [0, 0.1) is 6.92 Å². The summed E-state index contributed by atoms with van der Waals surface area (Å²) in [4.78, 5) is 13.9. The van der Waals surface area contributed by atoms with Crippen molar-refractivity contribution in [2.24, 2.45) is 0 Å². The molecule has 0 bridgehead atoms. The summed E-state index contributed by atoms with van der Waals surface area (Å²) in [6.07, 6.45) is 5.95. The smallest absolute Gasteiger partial charge is 0.178 e. The predicted molar refractivity (Wildman–Crippen MR) is 103 cm³/mol. The van der Waals surface area contributed by atoms with Crippen LogP contribution in [0.4, 0.5) is 0 Å². The summed E-state index contributed by atoms with van der Waals surface area (Å²) in [7, 11) is 0. The van der Waals surface area contributed by atoms with Crippen molar-refractivity contribution in [1.82, 2.24) is 15.0 Å². The molecule has 2 aromatic carbocycles. The first-order chi connectivity index (χ1) is 12.3. The summed E-state index contributed by atoms with van der Waals surface area (Å²) in [6.45, 7) is 2.06. The molecule has 0 aliphatic heterocycles. The average Bonchev–Trinajstić information content (AvgIpc) is 2.68. The van der Waals surface area contributed by atoms with Crippen LogP contribution in [0.3, 0.4) is 0 Å². The molecule has 25 heavy (non-hydrogen) atoms. The van der Waals surface area contributed by atoms with Crippen molar-refractivity contribution in [1.29, 1.82) is 0 Å². The number of para-hydroxylation sites is 1. The van der Waals surface area contributed by atoms with Crippen molar-refractivity contribution < 1.29 is 0 Å². The van der Waals surface area contributed by atoms with E-state index in [2.05, 4.69) is 41.2 Å². The van der Waals surface area contributed by atoms with Crippen LogP contribution in [0.25, 0.3) is 34.6 Å². The summed E-state index contributed by atoms with van der Waals surface area (Å²) >= 11 is 0. The Balaban J connectivity index is 1.72. The Morgan fingerprint density at radius 1 is 0.760 bits per heavy atom. The second kappa shape index (κ2) is 6.65. The van der Waals surface area contributed by atoms with Crippen molar-refractivity contribution in [3.63, 3.8) is 0 Å². The molecule has 2 heterocycles. The van der Waals surface area contributed by atoms with Crippen LogP contribution < -0.4 is 0 Å². The number of aromatic nitrogens is 3. The molecule has 3 nitrogen and oxygen atoms in total. The number of aryl methyl sites for hydroxylation is 1. The van der Waals surface area contributed by atoms with Crippen LogP contribution in [-0.2, 0) is 0 Å². The van der Waals surface area contributed by atoms with Gasteiger partial charge in [-0.1, -0.05) is 60.7 Å². The van der Waals surface area contributed by atoms with E-state index in [1.54, 1.807) is 0 Å². The second-order valence-corrected chi connectivity index (χ2v) is 5.90. The van der Waals surface area contributed by atoms with E-state index in [1.807, 2.05) is 60.8 Å². The Kier molecular flexibility index (Phi) is 4.05. The van der Waals surface area contributed by atoms with E-state index in [0.29, 0.717) is 5.82 Å². The Morgan fingerprint density at radius 2 is 1.56 bits per heavy atom. The monoisotopic (exact) mass is 323 g/mol. The fourth-order valence-corrected chi connectivity index (χ4v) is 2.67. The molecule has 4 aromatic rings. The highest BCUT2D eigenvalue weighted by Crippen LogP contribution is 2.19. The first-order valence-electron chi connectivity index (χ1n) is 8.22. The second-order valence-electron chi connectivity index (χ2n) is 5.90.